The van der Waals surface area contributed by atoms with Gasteiger partial charge in [-0.1, -0.05) is 29.8 Å². The minimum Gasteiger partial charge on any atom is -0.320 e. The van der Waals surface area contributed by atoms with Gasteiger partial charge in [0.2, 0.25) is 0 Å². The van der Waals surface area contributed by atoms with Gasteiger partial charge in [0.05, 0.1) is 17.1 Å². The summed E-state index contributed by atoms with van der Waals surface area (Å²) in [6.07, 6.45) is 0. The number of fused-ring (bicyclic) bond motifs is 1. The fourth-order valence-corrected chi connectivity index (χ4v) is 2.52. The van der Waals surface area contributed by atoms with Crippen molar-refractivity contribution in [1.82, 2.24) is 9.97 Å². The van der Waals surface area contributed by atoms with Crippen LogP contribution in [0.25, 0.3) is 11.0 Å². The molecule has 3 rings (SSSR count). The summed E-state index contributed by atoms with van der Waals surface area (Å²) < 4.78 is 0. The van der Waals surface area contributed by atoms with Crippen molar-refractivity contribution >= 4 is 11.0 Å². The number of H-pyrrole nitrogens is 2. The first kappa shape index (κ1) is 12.7. The van der Waals surface area contributed by atoms with Gasteiger partial charge in [-0.15, -0.1) is 0 Å². The summed E-state index contributed by atoms with van der Waals surface area (Å²) in [6.45, 7) is 4.12. The summed E-state index contributed by atoms with van der Waals surface area (Å²) in [5, 5.41) is 0. The number of hydrogen-bond acceptors (Lipinski definition) is 2. The zero-order chi connectivity index (χ0) is 14.3. The summed E-state index contributed by atoms with van der Waals surface area (Å²) >= 11 is 0. The largest absolute Gasteiger partial charge is 0.323 e. The average Bonchev–Trinajstić information content (AvgIpc) is 2.79. The lowest BCUT2D eigenvalue weighted by Gasteiger charge is -2.16. The van der Waals surface area contributed by atoms with Crippen LogP contribution in [0.15, 0.2) is 41.2 Å². The van der Waals surface area contributed by atoms with E-state index < -0.39 is 0 Å². The highest BCUT2D eigenvalue weighted by Crippen LogP contribution is 2.25. The molecule has 1 atom stereocenters. The Bertz CT molecular complexity index is 829. The molecule has 0 fully saturated rings. The van der Waals surface area contributed by atoms with E-state index in [2.05, 4.69) is 42.0 Å². The maximum Gasteiger partial charge on any atom is 0.323 e. The molecule has 102 valence electrons. The van der Waals surface area contributed by atoms with Crippen LogP contribution in [-0.4, -0.2) is 9.97 Å². The Labute approximate surface area is 116 Å². The van der Waals surface area contributed by atoms with Gasteiger partial charge >= 0.3 is 5.69 Å². The van der Waals surface area contributed by atoms with Crippen LogP contribution in [0.3, 0.4) is 0 Å². The van der Waals surface area contributed by atoms with E-state index >= 15 is 0 Å². The van der Waals surface area contributed by atoms with Gasteiger partial charge in [-0.2, -0.15) is 0 Å². The minimum absolute atomic E-state index is 0.197. The SMILES string of the molecule is Cc1ccc(C)c(C(N)c2ccc3[nH]c(=O)[nH]c3c2)c1. The second kappa shape index (κ2) is 4.65. The molecule has 1 heterocycles. The van der Waals surface area contributed by atoms with E-state index in [0.717, 1.165) is 22.2 Å². The van der Waals surface area contributed by atoms with Crippen molar-refractivity contribution in [2.45, 2.75) is 19.9 Å². The van der Waals surface area contributed by atoms with Gasteiger partial charge in [0.25, 0.3) is 0 Å². The lowest BCUT2D eigenvalue weighted by Crippen LogP contribution is -2.13. The smallest absolute Gasteiger partial charge is 0.320 e. The Morgan fingerprint density at radius 2 is 1.75 bits per heavy atom. The van der Waals surface area contributed by atoms with Gasteiger partial charge < -0.3 is 15.7 Å². The number of nitrogens with two attached hydrogens (primary N) is 1. The van der Waals surface area contributed by atoms with Crippen LogP contribution in [0.2, 0.25) is 0 Å². The molecule has 0 radical (unpaired) electrons. The Morgan fingerprint density at radius 3 is 2.55 bits per heavy atom. The normalized spacial score (nSPS) is 12.8. The van der Waals surface area contributed by atoms with Crippen LogP contribution in [0.4, 0.5) is 0 Å². The number of imidazole rings is 1. The third-order valence-electron chi connectivity index (χ3n) is 3.67. The minimum atomic E-state index is -0.197. The molecule has 0 saturated heterocycles. The molecule has 2 aromatic carbocycles. The second-order valence-electron chi connectivity index (χ2n) is 5.22. The number of aryl methyl sites for hydroxylation is 2. The maximum atomic E-state index is 11.3. The summed E-state index contributed by atoms with van der Waals surface area (Å²) in [7, 11) is 0. The van der Waals surface area contributed by atoms with Gasteiger partial charge in [-0.05, 0) is 42.7 Å². The first-order chi connectivity index (χ1) is 9.54. The monoisotopic (exact) mass is 267 g/mol. The van der Waals surface area contributed by atoms with E-state index in [-0.39, 0.29) is 11.7 Å². The maximum absolute atomic E-state index is 11.3. The molecule has 1 unspecified atom stereocenters. The van der Waals surface area contributed by atoms with Crippen LogP contribution in [0.5, 0.6) is 0 Å². The number of rotatable bonds is 2. The molecular formula is C16H17N3O. The molecular weight excluding hydrogens is 250 g/mol. The Kier molecular flexibility index (Phi) is 2.95. The summed E-state index contributed by atoms with van der Waals surface area (Å²) in [4.78, 5) is 16.8. The summed E-state index contributed by atoms with van der Waals surface area (Å²) in [5.41, 5.74) is 12.2. The van der Waals surface area contributed by atoms with E-state index in [0.29, 0.717) is 0 Å². The molecule has 4 nitrogen and oxygen atoms in total. The number of hydrogen-bond donors (Lipinski definition) is 3. The van der Waals surface area contributed by atoms with E-state index in [9.17, 15) is 4.79 Å². The first-order valence-electron chi connectivity index (χ1n) is 6.59. The number of aromatic nitrogens is 2. The molecule has 0 saturated carbocycles. The molecule has 0 spiro atoms. The highest BCUT2D eigenvalue weighted by molar-refractivity contribution is 5.75. The van der Waals surface area contributed by atoms with Crippen molar-refractivity contribution in [1.29, 1.82) is 0 Å². The van der Waals surface area contributed by atoms with E-state index in [1.165, 1.54) is 11.1 Å². The Morgan fingerprint density at radius 1 is 1.00 bits per heavy atom. The molecule has 0 aliphatic heterocycles. The van der Waals surface area contributed by atoms with Crippen LogP contribution in [0.1, 0.15) is 28.3 Å². The van der Waals surface area contributed by atoms with E-state index in [1.54, 1.807) is 0 Å². The van der Waals surface area contributed by atoms with Gasteiger partial charge in [-0.3, -0.25) is 0 Å². The van der Waals surface area contributed by atoms with Crippen molar-refractivity contribution in [2.75, 3.05) is 0 Å². The van der Waals surface area contributed by atoms with Gasteiger partial charge in [0.1, 0.15) is 0 Å². The fraction of sp³-hybridized carbons (Fsp3) is 0.188. The van der Waals surface area contributed by atoms with Crippen LogP contribution >= 0.6 is 0 Å². The van der Waals surface area contributed by atoms with Crippen molar-refractivity contribution in [2.24, 2.45) is 5.73 Å². The predicted molar refractivity (Wildman–Crippen MR) is 80.9 cm³/mol. The van der Waals surface area contributed by atoms with Crippen molar-refractivity contribution in [3.63, 3.8) is 0 Å². The van der Waals surface area contributed by atoms with Crippen molar-refractivity contribution in [3.05, 3.63) is 69.1 Å². The third kappa shape index (κ3) is 2.14. The van der Waals surface area contributed by atoms with Crippen LogP contribution < -0.4 is 11.4 Å². The molecule has 1 aromatic heterocycles. The Balaban J connectivity index is 2.09. The van der Waals surface area contributed by atoms with Gasteiger partial charge in [-0.25, -0.2) is 4.79 Å². The molecule has 0 amide bonds. The molecule has 3 aromatic rings. The summed E-state index contributed by atoms with van der Waals surface area (Å²) in [6, 6.07) is 11.9. The molecule has 0 aliphatic rings. The third-order valence-corrected chi connectivity index (χ3v) is 3.67. The predicted octanol–water partition coefficient (Wildman–Crippen LogP) is 2.52. The number of benzene rings is 2. The van der Waals surface area contributed by atoms with Crippen LogP contribution in [0, 0.1) is 13.8 Å². The first-order valence-corrected chi connectivity index (χ1v) is 6.59. The molecule has 4 N–H and O–H groups in total. The average molecular weight is 267 g/mol. The molecule has 0 aliphatic carbocycles. The zero-order valence-electron chi connectivity index (χ0n) is 11.5. The number of nitrogens with one attached hydrogen (secondary N) is 2. The zero-order valence-corrected chi connectivity index (χ0v) is 11.5. The lowest BCUT2D eigenvalue weighted by molar-refractivity contribution is 0.861. The summed E-state index contributed by atoms with van der Waals surface area (Å²) in [5.74, 6) is 0. The fourth-order valence-electron chi connectivity index (χ4n) is 2.52. The Hall–Kier alpha value is -2.33. The van der Waals surface area contributed by atoms with Gasteiger partial charge in [0, 0.05) is 0 Å². The highest BCUT2D eigenvalue weighted by atomic mass is 16.1. The van der Waals surface area contributed by atoms with Gasteiger partial charge in [0.15, 0.2) is 0 Å². The second-order valence-corrected chi connectivity index (χ2v) is 5.22. The molecule has 4 heteroatoms. The van der Waals surface area contributed by atoms with Crippen LogP contribution in [-0.2, 0) is 0 Å². The topological polar surface area (TPSA) is 74.7 Å². The van der Waals surface area contributed by atoms with E-state index in [1.807, 2.05) is 18.2 Å². The van der Waals surface area contributed by atoms with Crippen molar-refractivity contribution < 1.29 is 0 Å². The van der Waals surface area contributed by atoms with Crippen molar-refractivity contribution in [3.8, 4) is 0 Å². The number of aromatic amines is 2. The molecule has 0 bridgehead atoms. The molecule has 20 heavy (non-hydrogen) atoms. The van der Waals surface area contributed by atoms with E-state index in [4.69, 9.17) is 5.73 Å². The standard InChI is InChI=1S/C16H17N3O/c1-9-3-4-10(2)12(7-9)15(17)11-5-6-13-14(8-11)19-16(20)18-13/h3-8,15H,17H2,1-2H3,(H2,18,19,20). The highest BCUT2D eigenvalue weighted by Gasteiger charge is 2.12. The lowest BCUT2D eigenvalue weighted by atomic mass is 9.94. The quantitative estimate of drug-likeness (QED) is 0.667.